The minimum Gasteiger partial charge on any atom is -0.505 e. The Bertz CT molecular complexity index is 868. The van der Waals surface area contributed by atoms with E-state index in [1.54, 1.807) is 0 Å². The number of phenols is 2. The quantitative estimate of drug-likeness (QED) is 0.519. The van der Waals surface area contributed by atoms with Crippen molar-refractivity contribution in [2.75, 3.05) is 0 Å². The molecule has 150 valence electrons. The standard InChI is InChI=1S/C20H20F2O6/c21-15-9-11(1-4-17(15)23)7-13(3-6-19(25)26)14(20(27)28)8-12-2-5-18(24)16(22)10-12/h1-2,4-5,9-10,13-14,23-24H,3,6-8H2,(H,25,26)(H,27,28)/t13-,14-/m0/s1. The lowest BCUT2D eigenvalue weighted by atomic mass is 9.80. The van der Waals surface area contributed by atoms with Gasteiger partial charge in [0.25, 0.3) is 0 Å². The first kappa shape index (κ1) is 21.1. The molecule has 0 bridgehead atoms. The summed E-state index contributed by atoms with van der Waals surface area (Å²) < 4.78 is 27.2. The Morgan fingerprint density at radius 1 is 0.857 bits per heavy atom. The van der Waals surface area contributed by atoms with Gasteiger partial charge < -0.3 is 20.4 Å². The van der Waals surface area contributed by atoms with Gasteiger partial charge in [0.1, 0.15) is 0 Å². The largest absolute Gasteiger partial charge is 0.505 e. The summed E-state index contributed by atoms with van der Waals surface area (Å²) in [6.45, 7) is 0. The summed E-state index contributed by atoms with van der Waals surface area (Å²) in [4.78, 5) is 22.8. The molecule has 0 aliphatic heterocycles. The summed E-state index contributed by atoms with van der Waals surface area (Å²) in [5.41, 5.74) is 0.744. The van der Waals surface area contributed by atoms with Crippen LogP contribution >= 0.6 is 0 Å². The van der Waals surface area contributed by atoms with Crippen molar-refractivity contribution in [3.05, 3.63) is 59.2 Å². The maximum atomic E-state index is 13.6. The van der Waals surface area contributed by atoms with Crippen LogP contribution in [-0.4, -0.2) is 32.4 Å². The number of aromatic hydroxyl groups is 2. The molecule has 0 saturated carbocycles. The lowest BCUT2D eigenvalue weighted by Crippen LogP contribution is -2.28. The number of halogens is 2. The zero-order valence-electron chi connectivity index (χ0n) is 14.8. The minimum absolute atomic E-state index is 0.0232. The SMILES string of the molecule is O=C(O)CC[C@@H](Cc1ccc(O)c(F)c1)[C@H](Cc1ccc(O)c(F)c1)C(=O)O. The van der Waals surface area contributed by atoms with E-state index in [9.17, 15) is 33.7 Å². The highest BCUT2D eigenvalue weighted by molar-refractivity contribution is 5.71. The molecule has 0 amide bonds. The van der Waals surface area contributed by atoms with Gasteiger partial charge in [-0.05, 0) is 60.6 Å². The molecule has 0 saturated heterocycles. The highest BCUT2D eigenvalue weighted by Gasteiger charge is 2.29. The van der Waals surface area contributed by atoms with Crippen molar-refractivity contribution in [1.29, 1.82) is 0 Å². The van der Waals surface area contributed by atoms with Crippen molar-refractivity contribution in [3.8, 4) is 11.5 Å². The monoisotopic (exact) mass is 394 g/mol. The van der Waals surface area contributed by atoms with Crippen LogP contribution in [0.2, 0.25) is 0 Å². The van der Waals surface area contributed by atoms with E-state index in [0.29, 0.717) is 11.1 Å². The highest BCUT2D eigenvalue weighted by atomic mass is 19.1. The molecule has 0 fully saturated rings. The molecule has 2 atom stereocenters. The number of carboxylic acid groups (broad SMARTS) is 2. The van der Waals surface area contributed by atoms with Crippen LogP contribution in [0.3, 0.4) is 0 Å². The van der Waals surface area contributed by atoms with Crippen molar-refractivity contribution >= 4 is 11.9 Å². The summed E-state index contributed by atoms with van der Waals surface area (Å²) >= 11 is 0. The van der Waals surface area contributed by atoms with Gasteiger partial charge in [0.15, 0.2) is 23.1 Å². The number of benzene rings is 2. The van der Waals surface area contributed by atoms with Crippen molar-refractivity contribution in [2.45, 2.75) is 25.7 Å². The summed E-state index contributed by atoms with van der Waals surface area (Å²) in [5.74, 6) is -6.86. The van der Waals surface area contributed by atoms with E-state index in [4.69, 9.17) is 5.11 Å². The Balaban J connectivity index is 2.29. The van der Waals surface area contributed by atoms with E-state index in [1.807, 2.05) is 0 Å². The fourth-order valence-corrected chi connectivity index (χ4v) is 3.12. The maximum absolute atomic E-state index is 13.6. The topological polar surface area (TPSA) is 115 Å². The van der Waals surface area contributed by atoms with Crippen molar-refractivity contribution < 1.29 is 38.8 Å². The molecular weight excluding hydrogens is 374 g/mol. The minimum atomic E-state index is -1.19. The first-order chi connectivity index (χ1) is 13.2. The predicted molar refractivity (Wildman–Crippen MR) is 95.0 cm³/mol. The fraction of sp³-hybridized carbons (Fsp3) is 0.300. The van der Waals surface area contributed by atoms with Gasteiger partial charge in [-0.3, -0.25) is 9.59 Å². The Morgan fingerprint density at radius 3 is 1.79 bits per heavy atom. The Morgan fingerprint density at radius 2 is 1.36 bits per heavy atom. The van der Waals surface area contributed by atoms with Crippen LogP contribution < -0.4 is 0 Å². The second kappa shape index (κ2) is 9.16. The molecule has 0 unspecified atom stereocenters. The molecule has 0 aliphatic rings. The first-order valence-corrected chi connectivity index (χ1v) is 8.56. The van der Waals surface area contributed by atoms with Gasteiger partial charge >= 0.3 is 11.9 Å². The van der Waals surface area contributed by atoms with E-state index < -0.39 is 46.9 Å². The molecule has 0 heterocycles. The van der Waals surface area contributed by atoms with Crippen molar-refractivity contribution in [1.82, 2.24) is 0 Å². The highest BCUT2D eigenvalue weighted by Crippen LogP contribution is 2.29. The number of carboxylic acids is 2. The van der Waals surface area contributed by atoms with E-state index in [1.165, 1.54) is 12.1 Å². The predicted octanol–water partition coefficient (Wildman–Crippen LogP) is 3.34. The second-order valence-electron chi connectivity index (χ2n) is 6.62. The summed E-state index contributed by atoms with van der Waals surface area (Å²) in [6, 6.07) is 7.19. The van der Waals surface area contributed by atoms with Gasteiger partial charge in [-0.1, -0.05) is 12.1 Å². The van der Waals surface area contributed by atoms with Crippen LogP contribution in [0.4, 0.5) is 8.78 Å². The van der Waals surface area contributed by atoms with E-state index in [0.717, 1.165) is 24.3 Å². The van der Waals surface area contributed by atoms with Crippen LogP contribution in [0.1, 0.15) is 24.0 Å². The number of aliphatic carboxylic acids is 2. The summed E-state index contributed by atoms with van der Waals surface area (Å²) in [5, 5.41) is 37.2. The number of hydrogen-bond donors (Lipinski definition) is 4. The number of hydrogen-bond acceptors (Lipinski definition) is 4. The molecule has 2 rings (SSSR count). The van der Waals surface area contributed by atoms with Crippen molar-refractivity contribution in [2.24, 2.45) is 11.8 Å². The first-order valence-electron chi connectivity index (χ1n) is 8.56. The van der Waals surface area contributed by atoms with Gasteiger partial charge in [-0.2, -0.15) is 0 Å². The van der Waals surface area contributed by atoms with Gasteiger partial charge in [-0.25, -0.2) is 8.78 Å². The van der Waals surface area contributed by atoms with Crippen LogP contribution in [0.15, 0.2) is 36.4 Å². The summed E-state index contributed by atoms with van der Waals surface area (Å²) in [6.07, 6.45) is -0.270. The lowest BCUT2D eigenvalue weighted by Gasteiger charge is -2.24. The van der Waals surface area contributed by atoms with Crippen molar-refractivity contribution in [3.63, 3.8) is 0 Å². The Hall–Kier alpha value is -3.16. The zero-order chi connectivity index (χ0) is 20.8. The van der Waals surface area contributed by atoms with Gasteiger partial charge in [-0.15, -0.1) is 0 Å². The molecule has 0 spiro atoms. The molecule has 0 aliphatic carbocycles. The zero-order valence-corrected chi connectivity index (χ0v) is 14.8. The second-order valence-corrected chi connectivity index (χ2v) is 6.62. The van der Waals surface area contributed by atoms with Gasteiger partial charge in [0, 0.05) is 6.42 Å². The maximum Gasteiger partial charge on any atom is 0.307 e. The average molecular weight is 394 g/mol. The van der Waals surface area contributed by atoms with Gasteiger partial charge in [0.2, 0.25) is 0 Å². The van der Waals surface area contributed by atoms with Crippen LogP contribution in [0.25, 0.3) is 0 Å². The Kier molecular flexibility index (Phi) is 6.92. The molecule has 2 aromatic carbocycles. The molecule has 2 aromatic rings. The summed E-state index contributed by atoms with van der Waals surface area (Å²) in [7, 11) is 0. The van der Waals surface area contributed by atoms with Crippen LogP contribution in [0, 0.1) is 23.5 Å². The molecule has 8 heteroatoms. The average Bonchev–Trinajstić information content (AvgIpc) is 2.62. The third-order valence-electron chi connectivity index (χ3n) is 4.59. The number of carbonyl (C=O) groups is 2. The fourth-order valence-electron chi connectivity index (χ4n) is 3.12. The third kappa shape index (κ3) is 5.67. The van der Waals surface area contributed by atoms with E-state index in [-0.39, 0.29) is 25.7 Å². The number of rotatable bonds is 9. The third-order valence-corrected chi connectivity index (χ3v) is 4.59. The van der Waals surface area contributed by atoms with Crippen LogP contribution in [0.5, 0.6) is 11.5 Å². The smallest absolute Gasteiger partial charge is 0.307 e. The van der Waals surface area contributed by atoms with E-state index in [2.05, 4.69) is 0 Å². The van der Waals surface area contributed by atoms with Gasteiger partial charge in [0.05, 0.1) is 5.92 Å². The molecule has 0 aromatic heterocycles. The molecule has 28 heavy (non-hydrogen) atoms. The molecule has 6 nitrogen and oxygen atoms in total. The van der Waals surface area contributed by atoms with Crippen LogP contribution in [-0.2, 0) is 22.4 Å². The normalized spacial score (nSPS) is 13.1. The van der Waals surface area contributed by atoms with E-state index >= 15 is 0 Å². The molecule has 0 radical (unpaired) electrons. The molecular formula is C20H20F2O6. The Labute approximate surface area is 159 Å². The lowest BCUT2D eigenvalue weighted by molar-refractivity contribution is -0.145. The molecule has 4 N–H and O–H groups in total. The number of phenolic OH excluding ortho intramolecular Hbond substituents is 2.